The van der Waals surface area contributed by atoms with Crippen molar-refractivity contribution < 1.29 is 0 Å². The van der Waals surface area contributed by atoms with E-state index < -0.39 is 0 Å². The number of nitrogens with one attached hydrogen (secondary N) is 1. The fourth-order valence-corrected chi connectivity index (χ4v) is 3.02. The van der Waals surface area contributed by atoms with Gasteiger partial charge in [0.15, 0.2) is 5.82 Å². The van der Waals surface area contributed by atoms with Gasteiger partial charge in [-0.2, -0.15) is 9.36 Å². The average molecular weight is 342 g/mol. The largest absolute Gasteiger partial charge is 0.355 e. The molecule has 0 atom stereocenters. The Bertz CT molecular complexity index is 947. The lowest BCUT2D eigenvalue weighted by Crippen LogP contribution is -1.99. The van der Waals surface area contributed by atoms with Crippen LogP contribution in [0, 0.1) is 0 Å². The first-order valence-electron chi connectivity index (χ1n) is 7.04. The van der Waals surface area contributed by atoms with E-state index >= 15 is 0 Å². The van der Waals surface area contributed by atoms with E-state index in [4.69, 9.17) is 11.6 Å². The number of hydrogen-bond donors (Lipinski definition) is 1. The average Bonchev–Trinajstić information content (AvgIpc) is 3.20. The normalized spacial score (nSPS) is 11.0. The molecule has 23 heavy (non-hydrogen) atoms. The monoisotopic (exact) mass is 341 g/mol. The molecule has 0 radical (unpaired) electrons. The molecule has 0 spiro atoms. The van der Waals surface area contributed by atoms with Gasteiger partial charge in [0.2, 0.25) is 5.13 Å². The van der Waals surface area contributed by atoms with Gasteiger partial charge in [0, 0.05) is 29.5 Å². The van der Waals surface area contributed by atoms with E-state index in [2.05, 4.69) is 19.7 Å². The zero-order valence-corrected chi connectivity index (χ0v) is 13.6. The van der Waals surface area contributed by atoms with Gasteiger partial charge in [0.05, 0.1) is 17.3 Å². The molecule has 7 heteroatoms. The van der Waals surface area contributed by atoms with Crippen LogP contribution in [0.1, 0.15) is 5.69 Å². The van der Waals surface area contributed by atoms with Crippen LogP contribution in [0.15, 0.2) is 54.9 Å². The van der Waals surface area contributed by atoms with E-state index in [1.165, 1.54) is 11.5 Å². The van der Waals surface area contributed by atoms with Gasteiger partial charge < -0.3 is 9.72 Å². The topological polar surface area (TPSA) is 55.1 Å². The van der Waals surface area contributed by atoms with Crippen molar-refractivity contribution in [3.05, 3.63) is 65.6 Å². The Hall–Kier alpha value is -2.44. The van der Waals surface area contributed by atoms with Crippen molar-refractivity contribution >= 4 is 33.9 Å². The maximum atomic E-state index is 5.98. The maximum absolute atomic E-state index is 5.98. The van der Waals surface area contributed by atoms with Crippen molar-refractivity contribution in [3.63, 3.8) is 0 Å². The first kappa shape index (κ1) is 14.2. The van der Waals surface area contributed by atoms with Crippen molar-refractivity contribution in [2.45, 2.75) is 6.54 Å². The predicted octanol–water partition coefficient (Wildman–Crippen LogP) is 4.12. The van der Waals surface area contributed by atoms with Gasteiger partial charge in [-0.15, -0.1) is 0 Å². The van der Waals surface area contributed by atoms with Gasteiger partial charge in [-0.3, -0.25) is 0 Å². The number of rotatable bonds is 4. The lowest BCUT2D eigenvalue weighted by Gasteiger charge is -1.97. The fraction of sp³-hybridized carbons (Fsp3) is 0.0625. The minimum absolute atomic E-state index is 0.586. The highest BCUT2D eigenvalue weighted by molar-refractivity contribution is 7.09. The molecule has 1 N–H and O–H groups in total. The summed E-state index contributed by atoms with van der Waals surface area (Å²) >= 11 is 7.33. The highest BCUT2D eigenvalue weighted by atomic mass is 35.5. The summed E-state index contributed by atoms with van der Waals surface area (Å²) in [5.41, 5.74) is 2.80. The molecule has 0 aliphatic rings. The number of benzene rings is 1. The van der Waals surface area contributed by atoms with E-state index in [1.54, 1.807) is 0 Å². The Morgan fingerprint density at radius 2 is 1.91 bits per heavy atom. The van der Waals surface area contributed by atoms with Crippen LogP contribution in [-0.4, -0.2) is 18.7 Å². The third-order valence-electron chi connectivity index (χ3n) is 3.34. The first-order valence-corrected chi connectivity index (χ1v) is 8.19. The SMILES string of the molecule is Clc1ccc2nc(CNc3nc(-c4ccccc4)ns3)cn2c1. The standard InChI is InChI=1S/C16H12ClN5S/c17-12-6-7-14-19-13(10-22(14)9-12)8-18-16-20-15(21-23-16)11-4-2-1-3-5-11/h1-7,9-10H,8H2,(H,18,20,21). The summed E-state index contributed by atoms with van der Waals surface area (Å²) in [4.78, 5) is 9.04. The maximum Gasteiger partial charge on any atom is 0.203 e. The highest BCUT2D eigenvalue weighted by Gasteiger charge is 2.07. The van der Waals surface area contributed by atoms with Gasteiger partial charge in [0.1, 0.15) is 5.65 Å². The van der Waals surface area contributed by atoms with E-state index in [1.807, 2.05) is 59.3 Å². The van der Waals surface area contributed by atoms with Crippen LogP contribution in [0.4, 0.5) is 5.13 Å². The summed E-state index contributed by atoms with van der Waals surface area (Å²) in [7, 11) is 0. The zero-order valence-electron chi connectivity index (χ0n) is 12.0. The Morgan fingerprint density at radius 1 is 1.04 bits per heavy atom. The van der Waals surface area contributed by atoms with Gasteiger partial charge in [-0.05, 0) is 12.1 Å². The molecule has 0 aliphatic carbocycles. The third kappa shape index (κ3) is 3.04. The number of nitrogens with zero attached hydrogens (tertiary/aromatic N) is 4. The lowest BCUT2D eigenvalue weighted by molar-refractivity contribution is 1.07. The number of pyridine rings is 1. The van der Waals surface area contributed by atoms with Crippen LogP contribution in [-0.2, 0) is 6.54 Å². The number of halogens is 1. The van der Waals surface area contributed by atoms with Crippen LogP contribution in [0.5, 0.6) is 0 Å². The van der Waals surface area contributed by atoms with Crippen molar-refractivity contribution in [1.82, 2.24) is 18.7 Å². The molecule has 0 saturated carbocycles. The highest BCUT2D eigenvalue weighted by Crippen LogP contribution is 2.21. The second-order valence-corrected chi connectivity index (χ2v) is 6.18. The molecule has 1 aromatic carbocycles. The lowest BCUT2D eigenvalue weighted by atomic mass is 10.2. The minimum atomic E-state index is 0.586. The molecule has 4 aromatic rings. The number of imidazole rings is 1. The van der Waals surface area contributed by atoms with E-state index in [0.717, 1.165) is 27.9 Å². The number of aromatic nitrogens is 4. The summed E-state index contributed by atoms with van der Waals surface area (Å²) in [6, 6.07) is 13.7. The summed E-state index contributed by atoms with van der Waals surface area (Å²) in [6.07, 6.45) is 3.79. The Balaban J connectivity index is 1.49. The van der Waals surface area contributed by atoms with Gasteiger partial charge >= 0.3 is 0 Å². The molecule has 0 saturated heterocycles. The Kier molecular flexibility index (Phi) is 3.69. The quantitative estimate of drug-likeness (QED) is 0.606. The molecule has 3 heterocycles. The third-order valence-corrected chi connectivity index (χ3v) is 4.24. The van der Waals surface area contributed by atoms with Crippen LogP contribution in [0.2, 0.25) is 5.02 Å². The van der Waals surface area contributed by atoms with Crippen LogP contribution in [0.3, 0.4) is 0 Å². The molecular weight excluding hydrogens is 330 g/mol. The molecule has 0 fully saturated rings. The number of hydrogen-bond acceptors (Lipinski definition) is 5. The van der Waals surface area contributed by atoms with Gasteiger partial charge in [-0.1, -0.05) is 41.9 Å². The van der Waals surface area contributed by atoms with Crippen LogP contribution < -0.4 is 5.32 Å². The number of fused-ring (bicyclic) bond motifs is 1. The summed E-state index contributed by atoms with van der Waals surface area (Å²) < 4.78 is 6.29. The minimum Gasteiger partial charge on any atom is -0.355 e. The fourth-order valence-electron chi connectivity index (χ4n) is 2.27. The smallest absolute Gasteiger partial charge is 0.203 e. The molecule has 0 amide bonds. The summed E-state index contributed by atoms with van der Waals surface area (Å²) in [5, 5.41) is 4.73. The van der Waals surface area contributed by atoms with Crippen molar-refractivity contribution in [2.24, 2.45) is 0 Å². The van der Waals surface area contributed by atoms with E-state index in [-0.39, 0.29) is 0 Å². The van der Waals surface area contributed by atoms with Crippen LogP contribution in [0.25, 0.3) is 17.0 Å². The molecule has 0 bridgehead atoms. The molecule has 4 rings (SSSR count). The predicted molar refractivity (Wildman–Crippen MR) is 92.9 cm³/mol. The molecular formula is C16H12ClN5S. The first-order chi connectivity index (χ1) is 11.3. The summed E-state index contributed by atoms with van der Waals surface area (Å²) in [6.45, 7) is 0.586. The van der Waals surface area contributed by atoms with Crippen molar-refractivity contribution in [2.75, 3.05) is 5.32 Å². The number of anilines is 1. The van der Waals surface area contributed by atoms with Crippen molar-refractivity contribution in [3.8, 4) is 11.4 Å². The Morgan fingerprint density at radius 3 is 2.78 bits per heavy atom. The summed E-state index contributed by atoms with van der Waals surface area (Å²) in [5.74, 6) is 0.736. The molecule has 0 aliphatic heterocycles. The van der Waals surface area contributed by atoms with Gasteiger partial charge in [-0.25, -0.2) is 4.98 Å². The second-order valence-electron chi connectivity index (χ2n) is 4.99. The molecule has 3 aromatic heterocycles. The van der Waals surface area contributed by atoms with Gasteiger partial charge in [0.25, 0.3) is 0 Å². The second kappa shape index (κ2) is 5.98. The Labute approximate surface area is 141 Å². The van der Waals surface area contributed by atoms with Crippen LogP contribution >= 0.6 is 23.1 Å². The van der Waals surface area contributed by atoms with E-state index in [9.17, 15) is 0 Å². The molecule has 5 nitrogen and oxygen atoms in total. The molecule has 114 valence electrons. The van der Waals surface area contributed by atoms with E-state index in [0.29, 0.717) is 11.6 Å². The molecule has 0 unspecified atom stereocenters. The van der Waals surface area contributed by atoms with Crippen molar-refractivity contribution in [1.29, 1.82) is 0 Å². The zero-order chi connectivity index (χ0) is 15.6.